The average molecular weight is 349 g/mol. The second-order valence-corrected chi connectivity index (χ2v) is 7.41. The lowest BCUT2D eigenvalue weighted by molar-refractivity contribution is -0.151. The van der Waals surface area contributed by atoms with E-state index >= 15 is 0 Å². The van der Waals surface area contributed by atoms with E-state index in [1.165, 1.54) is 19.3 Å². The molecule has 2 aromatic carbocycles. The first-order valence-electron chi connectivity index (χ1n) is 9.31. The Morgan fingerprint density at radius 3 is 2.38 bits per heavy atom. The van der Waals surface area contributed by atoms with Crippen LogP contribution in [-0.2, 0) is 16.1 Å². The fourth-order valence-corrected chi connectivity index (χ4v) is 4.27. The molecule has 2 aliphatic carbocycles. The van der Waals surface area contributed by atoms with Crippen LogP contribution in [0.3, 0.4) is 0 Å². The fourth-order valence-electron chi connectivity index (χ4n) is 4.27. The van der Waals surface area contributed by atoms with Crippen molar-refractivity contribution in [2.24, 2.45) is 17.8 Å². The van der Waals surface area contributed by atoms with E-state index in [0.717, 1.165) is 23.6 Å². The van der Waals surface area contributed by atoms with Crippen LogP contribution in [0.4, 0.5) is 5.69 Å². The molecule has 4 heteroatoms. The zero-order valence-corrected chi connectivity index (χ0v) is 14.7. The van der Waals surface area contributed by atoms with Gasteiger partial charge in [0.15, 0.2) is 0 Å². The number of hydrogen-bond acceptors (Lipinski definition) is 3. The van der Waals surface area contributed by atoms with Crippen molar-refractivity contribution in [2.45, 2.75) is 32.3 Å². The van der Waals surface area contributed by atoms with Crippen molar-refractivity contribution >= 4 is 17.6 Å². The molecule has 0 heterocycles. The van der Waals surface area contributed by atoms with E-state index in [0.29, 0.717) is 11.5 Å². The fraction of sp³-hybridized carbons (Fsp3) is 0.364. The number of nitrogens with one attached hydrogen (secondary N) is 1. The summed E-state index contributed by atoms with van der Waals surface area (Å²) in [7, 11) is 0. The summed E-state index contributed by atoms with van der Waals surface area (Å²) in [6.45, 7) is 0.271. The maximum Gasteiger partial charge on any atom is 0.309 e. The first kappa shape index (κ1) is 16.8. The highest BCUT2D eigenvalue weighted by Gasteiger charge is 2.43. The number of para-hydroxylation sites is 1. The Hall–Kier alpha value is -2.62. The molecule has 0 aromatic heterocycles. The Balaban J connectivity index is 1.30. The maximum absolute atomic E-state index is 12.3. The highest BCUT2D eigenvalue weighted by molar-refractivity contribution is 6.04. The minimum Gasteiger partial charge on any atom is -0.461 e. The van der Waals surface area contributed by atoms with Gasteiger partial charge < -0.3 is 10.1 Å². The monoisotopic (exact) mass is 349 g/mol. The Kier molecular flexibility index (Phi) is 4.74. The van der Waals surface area contributed by atoms with Gasteiger partial charge in [0.1, 0.15) is 6.61 Å². The van der Waals surface area contributed by atoms with Crippen LogP contribution in [-0.4, -0.2) is 11.9 Å². The van der Waals surface area contributed by atoms with E-state index in [1.54, 1.807) is 12.1 Å². The molecule has 2 saturated carbocycles. The molecule has 0 saturated heterocycles. The Morgan fingerprint density at radius 1 is 0.962 bits per heavy atom. The number of amides is 1. The number of anilines is 1. The van der Waals surface area contributed by atoms with Crippen molar-refractivity contribution in [3.05, 3.63) is 65.7 Å². The Labute approximate surface area is 153 Å². The van der Waals surface area contributed by atoms with Gasteiger partial charge in [0.25, 0.3) is 5.91 Å². The normalized spacial score (nSPS) is 23.6. The smallest absolute Gasteiger partial charge is 0.309 e. The van der Waals surface area contributed by atoms with Gasteiger partial charge in [-0.1, -0.05) is 36.8 Å². The topological polar surface area (TPSA) is 55.4 Å². The largest absolute Gasteiger partial charge is 0.461 e. The first-order valence-corrected chi connectivity index (χ1v) is 9.31. The third-order valence-corrected chi connectivity index (χ3v) is 5.67. The van der Waals surface area contributed by atoms with E-state index in [4.69, 9.17) is 4.74 Å². The molecule has 2 fully saturated rings. The van der Waals surface area contributed by atoms with E-state index in [9.17, 15) is 9.59 Å². The van der Waals surface area contributed by atoms with Gasteiger partial charge in [-0.3, -0.25) is 9.59 Å². The van der Waals surface area contributed by atoms with Gasteiger partial charge in [0, 0.05) is 11.3 Å². The summed E-state index contributed by atoms with van der Waals surface area (Å²) in [6, 6.07) is 16.6. The van der Waals surface area contributed by atoms with Crippen molar-refractivity contribution in [3.8, 4) is 0 Å². The number of benzene rings is 2. The molecule has 2 aliphatic rings. The number of carbonyl (C=O) groups is 2. The maximum atomic E-state index is 12.3. The molecular formula is C22H23NO3. The molecular weight excluding hydrogens is 326 g/mol. The summed E-state index contributed by atoms with van der Waals surface area (Å²) in [4.78, 5) is 24.5. The molecule has 26 heavy (non-hydrogen) atoms. The van der Waals surface area contributed by atoms with Gasteiger partial charge in [-0.05, 0) is 60.9 Å². The zero-order valence-electron chi connectivity index (χ0n) is 14.7. The van der Waals surface area contributed by atoms with Gasteiger partial charge in [0.05, 0.1) is 5.92 Å². The van der Waals surface area contributed by atoms with Crippen LogP contribution in [0, 0.1) is 17.8 Å². The van der Waals surface area contributed by atoms with Gasteiger partial charge in [-0.25, -0.2) is 0 Å². The van der Waals surface area contributed by atoms with Crippen LogP contribution in [0.1, 0.15) is 41.6 Å². The summed E-state index contributed by atoms with van der Waals surface area (Å²) in [6.07, 6.45) is 4.66. The van der Waals surface area contributed by atoms with Crippen LogP contribution in [0.2, 0.25) is 0 Å². The summed E-state index contributed by atoms with van der Waals surface area (Å²) in [5.74, 6) is 1.17. The third kappa shape index (κ3) is 3.64. The van der Waals surface area contributed by atoms with Crippen LogP contribution < -0.4 is 5.32 Å². The molecule has 2 aromatic rings. The highest BCUT2D eigenvalue weighted by atomic mass is 16.5. The molecule has 3 atom stereocenters. The molecule has 134 valence electrons. The summed E-state index contributed by atoms with van der Waals surface area (Å²) < 4.78 is 5.52. The van der Waals surface area contributed by atoms with E-state index < -0.39 is 0 Å². The number of fused-ring (bicyclic) bond motifs is 2. The van der Waals surface area contributed by atoms with Crippen molar-refractivity contribution in [1.29, 1.82) is 0 Å². The molecule has 4 nitrogen and oxygen atoms in total. The van der Waals surface area contributed by atoms with Crippen molar-refractivity contribution in [3.63, 3.8) is 0 Å². The lowest BCUT2D eigenvalue weighted by Crippen LogP contribution is -2.23. The molecule has 4 rings (SSSR count). The lowest BCUT2D eigenvalue weighted by atomic mass is 9.89. The summed E-state index contributed by atoms with van der Waals surface area (Å²) in [5.41, 5.74) is 2.25. The van der Waals surface area contributed by atoms with Crippen molar-refractivity contribution in [1.82, 2.24) is 0 Å². The van der Waals surface area contributed by atoms with Crippen molar-refractivity contribution < 1.29 is 14.3 Å². The molecule has 0 spiro atoms. The van der Waals surface area contributed by atoms with Crippen LogP contribution in [0.5, 0.6) is 0 Å². The van der Waals surface area contributed by atoms with Crippen molar-refractivity contribution in [2.75, 3.05) is 5.32 Å². The molecule has 2 bridgehead atoms. The summed E-state index contributed by atoms with van der Waals surface area (Å²) >= 11 is 0. The Bertz CT molecular complexity index is 785. The number of ether oxygens (including phenoxy) is 1. The standard InChI is InChI=1S/C22H23NO3/c24-21(23-19-4-2-1-3-5-19)17-9-6-15(7-10-17)14-26-22(25)20-13-16-8-11-18(20)12-16/h1-7,9-10,16,18,20H,8,11-14H2,(H,23,24)/t16-,18-,20-/m0/s1. The predicted molar refractivity (Wildman–Crippen MR) is 99.6 cm³/mol. The summed E-state index contributed by atoms with van der Waals surface area (Å²) in [5, 5.41) is 2.86. The quantitative estimate of drug-likeness (QED) is 0.813. The third-order valence-electron chi connectivity index (χ3n) is 5.67. The highest BCUT2D eigenvalue weighted by Crippen LogP contribution is 2.48. The molecule has 1 amide bonds. The molecule has 0 radical (unpaired) electrons. The number of rotatable bonds is 5. The van der Waals surface area contributed by atoms with Gasteiger partial charge >= 0.3 is 5.97 Å². The molecule has 0 unspecified atom stereocenters. The SMILES string of the molecule is O=C(Nc1ccccc1)c1ccc(COC(=O)[C@H]2C[C@H]3CC[C@H]2C3)cc1. The number of esters is 1. The van der Waals surface area contributed by atoms with Gasteiger partial charge in [0.2, 0.25) is 0 Å². The zero-order chi connectivity index (χ0) is 17.9. The van der Waals surface area contributed by atoms with E-state index in [1.807, 2.05) is 42.5 Å². The van der Waals surface area contributed by atoms with Crippen LogP contribution in [0.25, 0.3) is 0 Å². The van der Waals surface area contributed by atoms with Crippen LogP contribution in [0.15, 0.2) is 54.6 Å². The Morgan fingerprint density at radius 2 is 1.73 bits per heavy atom. The predicted octanol–water partition coefficient (Wildman–Crippen LogP) is 4.42. The van der Waals surface area contributed by atoms with E-state index in [2.05, 4.69) is 5.32 Å². The minimum absolute atomic E-state index is 0.0527. The number of carbonyl (C=O) groups excluding carboxylic acids is 2. The second-order valence-electron chi connectivity index (χ2n) is 7.41. The van der Waals surface area contributed by atoms with Crippen LogP contribution >= 0.6 is 0 Å². The first-order chi connectivity index (χ1) is 12.7. The van der Waals surface area contributed by atoms with Gasteiger partial charge in [-0.2, -0.15) is 0 Å². The molecule has 0 aliphatic heterocycles. The minimum atomic E-state index is -0.151. The second kappa shape index (κ2) is 7.32. The number of hydrogen-bond donors (Lipinski definition) is 1. The average Bonchev–Trinajstić information content (AvgIpc) is 3.31. The van der Waals surface area contributed by atoms with E-state index in [-0.39, 0.29) is 24.4 Å². The lowest BCUT2D eigenvalue weighted by Gasteiger charge is -2.19. The van der Waals surface area contributed by atoms with Gasteiger partial charge in [-0.15, -0.1) is 0 Å². The molecule has 1 N–H and O–H groups in total.